The van der Waals surface area contributed by atoms with Gasteiger partial charge >= 0.3 is 0 Å². The Morgan fingerprint density at radius 2 is 2.05 bits per heavy atom. The normalized spacial score (nSPS) is 10.9. The van der Waals surface area contributed by atoms with Crippen molar-refractivity contribution in [3.8, 4) is 17.0 Å². The predicted molar refractivity (Wildman–Crippen MR) is 84.0 cm³/mol. The number of ether oxygens (including phenoxy) is 1. The summed E-state index contributed by atoms with van der Waals surface area (Å²) in [6.07, 6.45) is 1.98. The summed E-state index contributed by atoms with van der Waals surface area (Å²) in [4.78, 5) is 4.61. The fourth-order valence-corrected chi connectivity index (χ4v) is 2.59. The maximum absolute atomic E-state index is 6.24. The van der Waals surface area contributed by atoms with Crippen LogP contribution < -0.4 is 10.5 Å². The van der Waals surface area contributed by atoms with Crippen LogP contribution in [0.4, 0.5) is 5.82 Å². The molecule has 3 aromatic rings. The quantitative estimate of drug-likeness (QED) is 0.779. The van der Waals surface area contributed by atoms with E-state index in [1.165, 1.54) is 0 Å². The van der Waals surface area contributed by atoms with Gasteiger partial charge in [0.25, 0.3) is 0 Å². The first-order chi connectivity index (χ1) is 9.60. The molecule has 102 valence electrons. The van der Waals surface area contributed by atoms with Gasteiger partial charge in [-0.25, -0.2) is 4.98 Å². The molecule has 3 rings (SSSR count). The highest BCUT2D eigenvalue weighted by atomic mass is 79.9. The maximum atomic E-state index is 6.24. The smallest absolute Gasteiger partial charge is 0.139 e. The van der Waals surface area contributed by atoms with Gasteiger partial charge in [0, 0.05) is 16.2 Å². The van der Waals surface area contributed by atoms with E-state index >= 15 is 0 Å². The van der Waals surface area contributed by atoms with E-state index in [1.807, 2.05) is 47.9 Å². The molecule has 4 nitrogen and oxygen atoms in total. The van der Waals surface area contributed by atoms with Gasteiger partial charge in [-0.2, -0.15) is 0 Å². The second kappa shape index (κ2) is 4.83. The topological polar surface area (TPSA) is 52.5 Å². The van der Waals surface area contributed by atoms with E-state index < -0.39 is 0 Å². The van der Waals surface area contributed by atoms with Gasteiger partial charge in [-0.15, -0.1) is 0 Å². The van der Waals surface area contributed by atoms with Gasteiger partial charge in [-0.05, 0) is 36.8 Å². The molecule has 5 heteroatoms. The summed E-state index contributed by atoms with van der Waals surface area (Å²) in [6, 6.07) is 9.76. The van der Waals surface area contributed by atoms with E-state index in [-0.39, 0.29) is 0 Å². The van der Waals surface area contributed by atoms with Crippen LogP contribution in [0.15, 0.2) is 41.0 Å². The number of imidazole rings is 1. The monoisotopic (exact) mass is 331 g/mol. The van der Waals surface area contributed by atoms with Crippen molar-refractivity contribution in [3.63, 3.8) is 0 Å². The van der Waals surface area contributed by atoms with Crippen molar-refractivity contribution in [2.75, 3.05) is 12.8 Å². The lowest BCUT2D eigenvalue weighted by atomic mass is 10.1. The van der Waals surface area contributed by atoms with Crippen molar-refractivity contribution in [1.29, 1.82) is 0 Å². The number of hydrogen-bond donors (Lipinski definition) is 1. The van der Waals surface area contributed by atoms with Crippen molar-refractivity contribution in [1.82, 2.24) is 9.38 Å². The fraction of sp³-hybridized carbons (Fsp3) is 0.133. The van der Waals surface area contributed by atoms with Gasteiger partial charge in [-0.1, -0.05) is 22.0 Å². The molecule has 2 N–H and O–H groups in total. The summed E-state index contributed by atoms with van der Waals surface area (Å²) in [5, 5.41) is 0. The van der Waals surface area contributed by atoms with Crippen LogP contribution in [-0.2, 0) is 0 Å². The standard InChI is InChI=1S/C15H14BrN3O/c1-9-3-6-13-18-14(15(17)19(13)8-9)11-7-10(16)4-5-12(11)20-2/h3-8H,17H2,1-2H3. The Hall–Kier alpha value is -2.01. The van der Waals surface area contributed by atoms with Gasteiger partial charge in [0.15, 0.2) is 0 Å². The Kier molecular flexibility index (Phi) is 3.14. The van der Waals surface area contributed by atoms with Gasteiger partial charge in [-0.3, -0.25) is 4.40 Å². The molecule has 0 unspecified atom stereocenters. The van der Waals surface area contributed by atoms with Crippen LogP contribution in [0.3, 0.4) is 0 Å². The number of aromatic nitrogens is 2. The summed E-state index contributed by atoms with van der Waals surface area (Å²) < 4.78 is 8.26. The summed E-state index contributed by atoms with van der Waals surface area (Å²) in [5.41, 5.74) is 9.81. The molecule has 0 radical (unpaired) electrons. The molecule has 0 aliphatic carbocycles. The number of methoxy groups -OCH3 is 1. The van der Waals surface area contributed by atoms with Crippen LogP contribution in [0.25, 0.3) is 16.9 Å². The molecule has 2 heterocycles. The van der Waals surface area contributed by atoms with Gasteiger partial charge < -0.3 is 10.5 Å². The zero-order valence-corrected chi connectivity index (χ0v) is 12.8. The highest BCUT2D eigenvalue weighted by Gasteiger charge is 2.15. The number of pyridine rings is 1. The van der Waals surface area contributed by atoms with Crippen LogP contribution >= 0.6 is 15.9 Å². The lowest BCUT2D eigenvalue weighted by molar-refractivity contribution is 0.416. The fourth-order valence-electron chi connectivity index (χ4n) is 2.23. The average Bonchev–Trinajstić information content (AvgIpc) is 2.76. The zero-order chi connectivity index (χ0) is 14.3. The highest BCUT2D eigenvalue weighted by Crippen LogP contribution is 2.35. The zero-order valence-electron chi connectivity index (χ0n) is 11.2. The third-order valence-corrected chi connectivity index (χ3v) is 3.71. The number of rotatable bonds is 2. The molecule has 0 saturated heterocycles. The summed E-state index contributed by atoms with van der Waals surface area (Å²) >= 11 is 3.47. The van der Waals surface area contributed by atoms with Crippen molar-refractivity contribution >= 4 is 27.4 Å². The lowest BCUT2D eigenvalue weighted by Crippen LogP contribution is -1.95. The molecular weight excluding hydrogens is 318 g/mol. The Labute approximate surface area is 125 Å². The lowest BCUT2D eigenvalue weighted by Gasteiger charge is -2.07. The van der Waals surface area contributed by atoms with E-state index in [9.17, 15) is 0 Å². The van der Waals surface area contributed by atoms with Crippen LogP contribution in [-0.4, -0.2) is 16.5 Å². The van der Waals surface area contributed by atoms with Crippen molar-refractivity contribution in [3.05, 3.63) is 46.6 Å². The van der Waals surface area contributed by atoms with Crippen molar-refractivity contribution in [2.45, 2.75) is 6.92 Å². The molecule has 0 bridgehead atoms. The molecule has 0 spiro atoms. The van der Waals surface area contributed by atoms with E-state index in [1.54, 1.807) is 7.11 Å². The minimum absolute atomic E-state index is 0.611. The number of nitrogens with zero attached hydrogens (tertiary/aromatic N) is 2. The maximum Gasteiger partial charge on any atom is 0.139 e. The summed E-state index contributed by atoms with van der Waals surface area (Å²) in [5.74, 6) is 1.36. The minimum atomic E-state index is 0.611. The van der Waals surface area contributed by atoms with Gasteiger partial charge in [0.05, 0.1) is 7.11 Å². The molecule has 0 atom stereocenters. The first kappa shape index (κ1) is 13.0. The molecule has 0 saturated carbocycles. The average molecular weight is 332 g/mol. The number of nitrogens with two attached hydrogens (primary N) is 1. The number of anilines is 1. The number of halogens is 1. The van der Waals surface area contributed by atoms with Crippen LogP contribution in [0.1, 0.15) is 5.56 Å². The SMILES string of the molecule is COc1ccc(Br)cc1-c1nc2ccc(C)cn2c1N. The van der Waals surface area contributed by atoms with Crippen molar-refractivity contribution < 1.29 is 4.74 Å². The van der Waals surface area contributed by atoms with Gasteiger partial charge in [0.2, 0.25) is 0 Å². The number of hydrogen-bond acceptors (Lipinski definition) is 3. The third-order valence-electron chi connectivity index (χ3n) is 3.22. The van der Waals surface area contributed by atoms with E-state index in [0.29, 0.717) is 5.82 Å². The largest absolute Gasteiger partial charge is 0.496 e. The number of benzene rings is 1. The van der Waals surface area contributed by atoms with Crippen LogP contribution in [0, 0.1) is 6.92 Å². The predicted octanol–water partition coefficient (Wildman–Crippen LogP) is 3.66. The molecule has 0 aliphatic rings. The number of nitrogen functional groups attached to an aromatic ring is 1. The number of aryl methyl sites for hydroxylation is 1. The number of fused-ring (bicyclic) bond motifs is 1. The molecular formula is C15H14BrN3O. The minimum Gasteiger partial charge on any atom is -0.496 e. The Morgan fingerprint density at radius 3 is 2.80 bits per heavy atom. The Balaban J connectivity index is 2.29. The summed E-state index contributed by atoms with van der Waals surface area (Å²) in [7, 11) is 1.64. The van der Waals surface area contributed by atoms with Crippen LogP contribution in [0.2, 0.25) is 0 Å². The van der Waals surface area contributed by atoms with Crippen LogP contribution in [0.5, 0.6) is 5.75 Å². The summed E-state index contributed by atoms with van der Waals surface area (Å²) in [6.45, 7) is 2.03. The molecule has 20 heavy (non-hydrogen) atoms. The Bertz CT molecular complexity index is 795. The van der Waals surface area contributed by atoms with E-state index in [4.69, 9.17) is 10.5 Å². The molecule has 0 amide bonds. The Morgan fingerprint density at radius 1 is 1.25 bits per heavy atom. The first-order valence-electron chi connectivity index (χ1n) is 6.18. The van der Waals surface area contributed by atoms with E-state index in [0.717, 1.165) is 32.7 Å². The molecule has 1 aromatic carbocycles. The molecule has 0 fully saturated rings. The van der Waals surface area contributed by atoms with Crippen molar-refractivity contribution in [2.24, 2.45) is 0 Å². The third kappa shape index (κ3) is 2.04. The highest BCUT2D eigenvalue weighted by molar-refractivity contribution is 9.10. The molecule has 2 aromatic heterocycles. The second-order valence-corrected chi connectivity index (χ2v) is 5.54. The van der Waals surface area contributed by atoms with E-state index in [2.05, 4.69) is 20.9 Å². The molecule has 0 aliphatic heterocycles. The second-order valence-electron chi connectivity index (χ2n) is 4.62. The first-order valence-corrected chi connectivity index (χ1v) is 6.97. The van der Waals surface area contributed by atoms with Gasteiger partial charge in [0.1, 0.15) is 22.9 Å².